The topological polar surface area (TPSA) is 50.9 Å². The van der Waals surface area contributed by atoms with E-state index < -0.39 is 0 Å². The quantitative estimate of drug-likeness (QED) is 0.738. The van der Waals surface area contributed by atoms with E-state index in [9.17, 15) is 0 Å². The lowest BCUT2D eigenvalue weighted by atomic mass is 10.1. The van der Waals surface area contributed by atoms with Crippen molar-refractivity contribution >= 4 is 5.69 Å². The van der Waals surface area contributed by atoms with Gasteiger partial charge in [0.15, 0.2) is 0 Å². The van der Waals surface area contributed by atoms with Crippen molar-refractivity contribution in [1.82, 2.24) is 4.98 Å². The number of anilines is 1. The second kappa shape index (κ2) is 4.23. The van der Waals surface area contributed by atoms with Gasteiger partial charge in [-0.1, -0.05) is 0 Å². The molecule has 0 aromatic carbocycles. The Morgan fingerprint density at radius 3 is 2.38 bits per heavy atom. The van der Waals surface area contributed by atoms with Crippen molar-refractivity contribution in [2.24, 2.45) is 5.73 Å². The number of aryl methyl sites for hydroxylation is 2. The van der Waals surface area contributed by atoms with E-state index >= 15 is 0 Å². The van der Waals surface area contributed by atoms with Crippen molar-refractivity contribution in [1.29, 1.82) is 0 Å². The summed E-state index contributed by atoms with van der Waals surface area (Å²) < 4.78 is 0. The van der Waals surface area contributed by atoms with E-state index in [-0.39, 0.29) is 6.04 Å². The monoisotopic (exact) mass is 179 g/mol. The summed E-state index contributed by atoms with van der Waals surface area (Å²) in [5.41, 5.74) is 9.16. The van der Waals surface area contributed by atoms with Crippen LogP contribution >= 0.6 is 0 Å². The highest BCUT2D eigenvalue weighted by Gasteiger charge is 2.02. The molecule has 1 rings (SSSR count). The van der Waals surface area contributed by atoms with Gasteiger partial charge in [0.05, 0.1) is 0 Å². The lowest BCUT2D eigenvalue weighted by Crippen LogP contribution is -2.25. The number of pyridine rings is 1. The maximum absolute atomic E-state index is 5.66. The molecular formula is C10H17N3. The Morgan fingerprint density at radius 2 is 1.92 bits per heavy atom. The lowest BCUT2D eigenvalue weighted by Gasteiger charge is -2.13. The molecule has 3 heteroatoms. The maximum Gasteiger partial charge on any atom is 0.0431 e. The minimum Gasteiger partial charge on any atom is -0.383 e. The summed E-state index contributed by atoms with van der Waals surface area (Å²) in [6.45, 7) is 6.87. The second-order valence-electron chi connectivity index (χ2n) is 3.51. The first-order chi connectivity index (χ1) is 6.11. The predicted octanol–water partition coefficient (Wildman–Crippen LogP) is 1.46. The molecule has 0 fully saturated rings. The van der Waals surface area contributed by atoms with Gasteiger partial charge in [-0.15, -0.1) is 0 Å². The second-order valence-corrected chi connectivity index (χ2v) is 3.51. The van der Waals surface area contributed by atoms with Crippen molar-refractivity contribution in [2.75, 3.05) is 11.9 Å². The van der Waals surface area contributed by atoms with Crippen LogP contribution in [0.25, 0.3) is 0 Å². The summed E-state index contributed by atoms with van der Waals surface area (Å²) in [6.07, 6.45) is 3.72. The van der Waals surface area contributed by atoms with Crippen molar-refractivity contribution in [2.45, 2.75) is 26.8 Å². The molecule has 3 N–H and O–H groups in total. The third-order valence-electron chi connectivity index (χ3n) is 1.93. The predicted molar refractivity (Wildman–Crippen MR) is 55.9 cm³/mol. The minimum atomic E-state index is 0.173. The minimum absolute atomic E-state index is 0.173. The molecule has 0 aliphatic heterocycles. The molecule has 0 saturated carbocycles. The zero-order valence-electron chi connectivity index (χ0n) is 8.46. The van der Waals surface area contributed by atoms with Crippen molar-refractivity contribution in [3.63, 3.8) is 0 Å². The average Bonchev–Trinajstić information content (AvgIpc) is 2.03. The third-order valence-corrected chi connectivity index (χ3v) is 1.93. The molecule has 0 bridgehead atoms. The summed E-state index contributed by atoms with van der Waals surface area (Å²) in [7, 11) is 0. The van der Waals surface area contributed by atoms with Gasteiger partial charge in [0, 0.05) is 30.7 Å². The number of nitrogens with zero attached hydrogens (tertiary/aromatic N) is 1. The molecule has 1 atom stereocenters. The Bertz CT molecular complexity index is 261. The Balaban J connectivity index is 2.75. The van der Waals surface area contributed by atoms with E-state index in [0.29, 0.717) is 0 Å². The van der Waals surface area contributed by atoms with Gasteiger partial charge in [0.25, 0.3) is 0 Å². The Kier molecular flexibility index (Phi) is 3.25. The standard InChI is InChI=1S/C10H17N3/c1-7-4-12-5-8(2)10(7)13-6-9(3)11/h4-5,9H,6,11H2,1-3H3,(H,12,13). The first-order valence-electron chi connectivity index (χ1n) is 4.52. The van der Waals surface area contributed by atoms with Crippen LogP contribution in [0.2, 0.25) is 0 Å². The van der Waals surface area contributed by atoms with E-state index in [0.717, 1.165) is 12.2 Å². The van der Waals surface area contributed by atoms with Gasteiger partial charge in [-0.05, 0) is 31.9 Å². The van der Waals surface area contributed by atoms with Crippen LogP contribution < -0.4 is 11.1 Å². The van der Waals surface area contributed by atoms with Gasteiger partial charge >= 0.3 is 0 Å². The van der Waals surface area contributed by atoms with Crippen LogP contribution in [0.4, 0.5) is 5.69 Å². The summed E-state index contributed by atoms with van der Waals surface area (Å²) in [5, 5.41) is 3.32. The van der Waals surface area contributed by atoms with E-state index in [1.807, 2.05) is 33.2 Å². The van der Waals surface area contributed by atoms with Crippen molar-refractivity contribution < 1.29 is 0 Å². The van der Waals surface area contributed by atoms with Gasteiger partial charge in [-0.3, -0.25) is 4.98 Å². The van der Waals surface area contributed by atoms with Crippen LogP contribution in [0.5, 0.6) is 0 Å². The molecule has 1 aromatic rings. The van der Waals surface area contributed by atoms with E-state index in [2.05, 4.69) is 10.3 Å². The normalized spacial score (nSPS) is 12.6. The highest BCUT2D eigenvalue weighted by atomic mass is 14.9. The molecule has 0 radical (unpaired) electrons. The average molecular weight is 179 g/mol. The van der Waals surface area contributed by atoms with Crippen LogP contribution in [0.1, 0.15) is 18.1 Å². The molecule has 0 spiro atoms. The Hall–Kier alpha value is -1.09. The Labute approximate surface area is 79.4 Å². The molecule has 72 valence electrons. The molecular weight excluding hydrogens is 162 g/mol. The Morgan fingerprint density at radius 1 is 1.38 bits per heavy atom. The molecule has 0 aliphatic rings. The number of aromatic nitrogens is 1. The summed E-state index contributed by atoms with van der Waals surface area (Å²) in [4.78, 5) is 4.10. The van der Waals surface area contributed by atoms with Gasteiger partial charge < -0.3 is 11.1 Å². The van der Waals surface area contributed by atoms with Crippen LogP contribution in [0.3, 0.4) is 0 Å². The number of hydrogen-bond donors (Lipinski definition) is 2. The van der Waals surface area contributed by atoms with Crippen LogP contribution in [0, 0.1) is 13.8 Å². The highest BCUT2D eigenvalue weighted by Crippen LogP contribution is 2.17. The first kappa shape index (κ1) is 9.99. The van der Waals surface area contributed by atoms with E-state index in [1.165, 1.54) is 11.1 Å². The van der Waals surface area contributed by atoms with Crippen LogP contribution in [-0.2, 0) is 0 Å². The maximum atomic E-state index is 5.66. The fraction of sp³-hybridized carbons (Fsp3) is 0.500. The number of nitrogens with two attached hydrogens (primary N) is 1. The molecule has 3 nitrogen and oxygen atoms in total. The molecule has 0 saturated heterocycles. The fourth-order valence-corrected chi connectivity index (χ4v) is 1.24. The smallest absolute Gasteiger partial charge is 0.0431 e. The van der Waals surface area contributed by atoms with Crippen molar-refractivity contribution in [3.8, 4) is 0 Å². The molecule has 0 aliphatic carbocycles. The largest absolute Gasteiger partial charge is 0.383 e. The van der Waals surface area contributed by atoms with Crippen LogP contribution in [0.15, 0.2) is 12.4 Å². The number of rotatable bonds is 3. The van der Waals surface area contributed by atoms with Gasteiger partial charge in [-0.2, -0.15) is 0 Å². The molecule has 1 unspecified atom stereocenters. The van der Waals surface area contributed by atoms with E-state index in [1.54, 1.807) is 0 Å². The molecule has 1 aromatic heterocycles. The lowest BCUT2D eigenvalue weighted by molar-refractivity contribution is 0.779. The summed E-state index contributed by atoms with van der Waals surface area (Å²) in [6, 6.07) is 0.173. The third kappa shape index (κ3) is 2.70. The highest BCUT2D eigenvalue weighted by molar-refractivity contribution is 5.54. The first-order valence-corrected chi connectivity index (χ1v) is 4.52. The van der Waals surface area contributed by atoms with Gasteiger partial charge in [0.1, 0.15) is 0 Å². The van der Waals surface area contributed by atoms with E-state index in [4.69, 9.17) is 5.73 Å². The summed E-state index contributed by atoms with van der Waals surface area (Å²) in [5.74, 6) is 0. The fourth-order valence-electron chi connectivity index (χ4n) is 1.24. The molecule has 0 amide bonds. The van der Waals surface area contributed by atoms with Crippen LogP contribution in [-0.4, -0.2) is 17.6 Å². The van der Waals surface area contributed by atoms with Crippen molar-refractivity contribution in [3.05, 3.63) is 23.5 Å². The zero-order valence-corrected chi connectivity index (χ0v) is 8.46. The van der Waals surface area contributed by atoms with Gasteiger partial charge in [0.2, 0.25) is 0 Å². The number of hydrogen-bond acceptors (Lipinski definition) is 3. The molecule has 13 heavy (non-hydrogen) atoms. The van der Waals surface area contributed by atoms with Gasteiger partial charge in [-0.25, -0.2) is 0 Å². The number of nitrogens with one attached hydrogen (secondary N) is 1. The summed E-state index contributed by atoms with van der Waals surface area (Å²) >= 11 is 0. The molecule has 1 heterocycles. The zero-order chi connectivity index (χ0) is 9.84. The SMILES string of the molecule is Cc1cncc(C)c1NCC(C)N.